The standard InChI is InChI=1S/C18H21N3O2S/c1-12-10-14(21-8-4-3-5-9-21)7-6-13(12)11-15-16(22)19-18(24)20(2)17(15)23/h6-7,10-11H,3-5,8-9H2,1-2H3,(H,19,22,24)/b15-11+. The number of nitrogens with zero attached hydrogens (tertiary/aromatic N) is 2. The Hall–Kier alpha value is -2.21. The summed E-state index contributed by atoms with van der Waals surface area (Å²) in [4.78, 5) is 28.0. The Labute approximate surface area is 147 Å². The van der Waals surface area contributed by atoms with Gasteiger partial charge in [0.25, 0.3) is 11.8 Å². The van der Waals surface area contributed by atoms with Crippen LogP contribution in [0, 0.1) is 6.92 Å². The molecule has 1 N–H and O–H groups in total. The third kappa shape index (κ3) is 3.19. The van der Waals surface area contributed by atoms with E-state index in [4.69, 9.17) is 12.2 Å². The highest BCUT2D eigenvalue weighted by molar-refractivity contribution is 7.80. The first-order chi connectivity index (χ1) is 11.5. The number of nitrogens with one attached hydrogen (secondary N) is 1. The van der Waals surface area contributed by atoms with Crippen LogP contribution in [0.2, 0.25) is 0 Å². The van der Waals surface area contributed by atoms with Crippen LogP contribution in [0.1, 0.15) is 30.4 Å². The predicted octanol–water partition coefficient (Wildman–Crippen LogP) is 2.24. The Morgan fingerprint density at radius 3 is 2.54 bits per heavy atom. The number of hydrogen-bond donors (Lipinski definition) is 1. The highest BCUT2D eigenvalue weighted by Gasteiger charge is 2.30. The molecule has 126 valence electrons. The summed E-state index contributed by atoms with van der Waals surface area (Å²) < 4.78 is 0. The van der Waals surface area contributed by atoms with E-state index >= 15 is 0 Å². The minimum atomic E-state index is -0.442. The number of thiocarbonyl (C=S) groups is 1. The Balaban J connectivity index is 1.88. The molecule has 2 amide bonds. The molecular formula is C18H21N3O2S. The van der Waals surface area contributed by atoms with Gasteiger partial charge in [-0.3, -0.25) is 19.8 Å². The molecule has 0 bridgehead atoms. The largest absolute Gasteiger partial charge is 0.372 e. The van der Waals surface area contributed by atoms with E-state index in [-0.39, 0.29) is 16.6 Å². The number of rotatable bonds is 2. The quantitative estimate of drug-likeness (QED) is 0.508. The number of benzene rings is 1. The molecular weight excluding hydrogens is 322 g/mol. The molecule has 0 aromatic heterocycles. The lowest BCUT2D eigenvalue weighted by atomic mass is 10.0. The molecule has 0 atom stereocenters. The molecule has 0 aliphatic carbocycles. The second-order valence-corrected chi connectivity index (χ2v) is 6.66. The van der Waals surface area contributed by atoms with Crippen molar-refractivity contribution in [3.05, 3.63) is 34.9 Å². The van der Waals surface area contributed by atoms with Gasteiger partial charge in [-0.05, 0) is 67.7 Å². The van der Waals surface area contributed by atoms with E-state index in [1.165, 1.54) is 29.8 Å². The van der Waals surface area contributed by atoms with Crippen LogP contribution in [0.3, 0.4) is 0 Å². The lowest BCUT2D eigenvalue weighted by Crippen LogP contribution is -2.52. The maximum atomic E-state index is 12.3. The molecule has 24 heavy (non-hydrogen) atoms. The zero-order valence-corrected chi connectivity index (χ0v) is 14.8. The minimum Gasteiger partial charge on any atom is -0.372 e. The second kappa shape index (κ2) is 6.73. The zero-order chi connectivity index (χ0) is 17.3. The van der Waals surface area contributed by atoms with Crippen LogP contribution >= 0.6 is 12.2 Å². The number of likely N-dealkylation sites (N-methyl/N-ethyl adjacent to an activating group) is 1. The number of aryl methyl sites for hydroxylation is 1. The topological polar surface area (TPSA) is 52.7 Å². The van der Waals surface area contributed by atoms with Crippen LogP contribution in [0.5, 0.6) is 0 Å². The fourth-order valence-corrected chi connectivity index (χ4v) is 3.25. The average Bonchev–Trinajstić information content (AvgIpc) is 2.58. The number of carbonyl (C=O) groups is 2. The molecule has 2 fully saturated rings. The molecule has 5 nitrogen and oxygen atoms in total. The summed E-state index contributed by atoms with van der Waals surface area (Å²) >= 11 is 4.96. The van der Waals surface area contributed by atoms with E-state index in [1.807, 2.05) is 13.0 Å². The molecule has 2 aliphatic rings. The van der Waals surface area contributed by atoms with Crippen molar-refractivity contribution in [2.75, 3.05) is 25.0 Å². The van der Waals surface area contributed by atoms with Gasteiger partial charge in [-0.2, -0.15) is 0 Å². The Morgan fingerprint density at radius 2 is 1.88 bits per heavy atom. The van der Waals surface area contributed by atoms with E-state index in [1.54, 1.807) is 13.1 Å². The lowest BCUT2D eigenvalue weighted by molar-refractivity contribution is -0.128. The maximum absolute atomic E-state index is 12.3. The van der Waals surface area contributed by atoms with Gasteiger partial charge in [0.15, 0.2) is 5.11 Å². The van der Waals surface area contributed by atoms with Crippen LogP contribution in [-0.2, 0) is 9.59 Å². The normalized spacial score (nSPS) is 20.6. The first-order valence-corrected chi connectivity index (χ1v) is 8.59. The third-order valence-electron chi connectivity index (χ3n) is 4.58. The fraction of sp³-hybridized carbons (Fsp3) is 0.389. The van der Waals surface area contributed by atoms with E-state index in [0.717, 1.165) is 24.2 Å². The molecule has 6 heteroatoms. The smallest absolute Gasteiger partial charge is 0.265 e. The minimum absolute atomic E-state index is 0.111. The van der Waals surface area contributed by atoms with Crippen molar-refractivity contribution >= 4 is 40.9 Å². The summed E-state index contributed by atoms with van der Waals surface area (Å²) in [5.74, 6) is -0.814. The van der Waals surface area contributed by atoms with Crippen molar-refractivity contribution in [1.82, 2.24) is 10.2 Å². The van der Waals surface area contributed by atoms with Gasteiger partial charge >= 0.3 is 0 Å². The second-order valence-electron chi connectivity index (χ2n) is 6.27. The van der Waals surface area contributed by atoms with Crippen LogP contribution in [-0.4, -0.2) is 42.0 Å². The summed E-state index contributed by atoms with van der Waals surface area (Å²) in [5.41, 5.74) is 3.23. The summed E-state index contributed by atoms with van der Waals surface area (Å²) in [6, 6.07) is 6.15. The van der Waals surface area contributed by atoms with Crippen molar-refractivity contribution in [3.63, 3.8) is 0 Å². The summed E-state index contributed by atoms with van der Waals surface area (Å²) in [5, 5.41) is 2.67. The Morgan fingerprint density at radius 1 is 1.17 bits per heavy atom. The molecule has 0 unspecified atom stereocenters. The molecule has 2 heterocycles. The van der Waals surface area contributed by atoms with E-state index < -0.39 is 5.91 Å². The molecule has 3 rings (SSSR count). The van der Waals surface area contributed by atoms with Crippen molar-refractivity contribution in [3.8, 4) is 0 Å². The third-order valence-corrected chi connectivity index (χ3v) is 4.96. The van der Waals surface area contributed by atoms with Gasteiger partial charge in [0.1, 0.15) is 5.57 Å². The van der Waals surface area contributed by atoms with E-state index in [0.29, 0.717) is 0 Å². The summed E-state index contributed by atoms with van der Waals surface area (Å²) in [7, 11) is 1.56. The maximum Gasteiger partial charge on any atom is 0.265 e. The number of carbonyl (C=O) groups excluding carboxylic acids is 2. The molecule has 2 saturated heterocycles. The van der Waals surface area contributed by atoms with Crippen LogP contribution in [0.15, 0.2) is 23.8 Å². The summed E-state index contributed by atoms with van der Waals surface area (Å²) in [6.07, 6.45) is 5.40. The number of amides is 2. The Bertz CT molecular complexity index is 736. The van der Waals surface area contributed by atoms with Crippen molar-refractivity contribution in [2.45, 2.75) is 26.2 Å². The highest BCUT2D eigenvalue weighted by Crippen LogP contribution is 2.24. The van der Waals surface area contributed by atoms with Gasteiger partial charge in [-0.1, -0.05) is 6.07 Å². The van der Waals surface area contributed by atoms with Gasteiger partial charge in [0, 0.05) is 25.8 Å². The van der Waals surface area contributed by atoms with Gasteiger partial charge < -0.3 is 4.90 Å². The van der Waals surface area contributed by atoms with Gasteiger partial charge in [0.2, 0.25) is 0 Å². The molecule has 0 radical (unpaired) electrons. The molecule has 0 saturated carbocycles. The van der Waals surface area contributed by atoms with Crippen LogP contribution < -0.4 is 10.2 Å². The average molecular weight is 343 g/mol. The first-order valence-electron chi connectivity index (χ1n) is 8.18. The predicted molar refractivity (Wildman–Crippen MR) is 98.7 cm³/mol. The molecule has 2 aliphatic heterocycles. The van der Waals surface area contributed by atoms with Crippen LogP contribution in [0.25, 0.3) is 6.08 Å². The highest BCUT2D eigenvalue weighted by atomic mass is 32.1. The molecule has 1 aromatic carbocycles. The molecule has 1 aromatic rings. The number of anilines is 1. The number of piperidine rings is 1. The fourth-order valence-electron chi connectivity index (χ4n) is 3.07. The van der Waals surface area contributed by atoms with E-state index in [2.05, 4.69) is 22.3 Å². The number of hydrogen-bond acceptors (Lipinski definition) is 4. The van der Waals surface area contributed by atoms with Crippen LogP contribution in [0.4, 0.5) is 5.69 Å². The lowest BCUT2D eigenvalue weighted by Gasteiger charge is -2.29. The van der Waals surface area contributed by atoms with Gasteiger partial charge in [-0.15, -0.1) is 0 Å². The van der Waals surface area contributed by atoms with E-state index in [9.17, 15) is 9.59 Å². The van der Waals surface area contributed by atoms with Crippen molar-refractivity contribution in [1.29, 1.82) is 0 Å². The zero-order valence-electron chi connectivity index (χ0n) is 14.0. The SMILES string of the molecule is Cc1cc(N2CCCCC2)ccc1/C=C1\C(=O)NC(=S)N(C)C1=O. The van der Waals surface area contributed by atoms with Crippen molar-refractivity contribution < 1.29 is 9.59 Å². The molecule has 0 spiro atoms. The van der Waals surface area contributed by atoms with Gasteiger partial charge in [0.05, 0.1) is 0 Å². The first kappa shape index (κ1) is 16.6. The van der Waals surface area contributed by atoms with Gasteiger partial charge in [-0.25, -0.2) is 0 Å². The monoisotopic (exact) mass is 343 g/mol. The Kier molecular flexibility index (Phi) is 4.66. The summed E-state index contributed by atoms with van der Waals surface area (Å²) in [6.45, 7) is 4.17. The van der Waals surface area contributed by atoms with Crippen molar-refractivity contribution in [2.24, 2.45) is 0 Å².